The third kappa shape index (κ3) is 2.88. The van der Waals surface area contributed by atoms with E-state index in [1.54, 1.807) is 54.6 Å². The van der Waals surface area contributed by atoms with Gasteiger partial charge in [0.25, 0.3) is 0 Å². The summed E-state index contributed by atoms with van der Waals surface area (Å²) >= 11 is 0.717. The quantitative estimate of drug-likeness (QED) is 0.680. The lowest BCUT2D eigenvalue weighted by atomic mass is 10.1. The molecule has 2 aromatic rings. The van der Waals surface area contributed by atoms with E-state index in [-0.39, 0.29) is 5.57 Å². The molecule has 0 amide bonds. The van der Waals surface area contributed by atoms with Crippen LogP contribution in [0.3, 0.4) is 0 Å². The molecular weight excluding hydrogens is 295 g/mol. The second-order valence-electron chi connectivity index (χ2n) is 4.43. The van der Waals surface area contributed by atoms with Gasteiger partial charge in [-0.25, -0.2) is 0 Å². The van der Waals surface area contributed by atoms with Crippen molar-refractivity contribution in [3.05, 3.63) is 65.1 Å². The maximum Gasteiger partial charge on any atom is 0.423 e. The van der Waals surface area contributed by atoms with Crippen LogP contribution in [-0.2, 0) is 0 Å². The van der Waals surface area contributed by atoms with E-state index < -0.39 is 11.1 Å². The van der Waals surface area contributed by atoms with Crippen molar-refractivity contribution in [3.63, 3.8) is 0 Å². The minimum absolute atomic E-state index is 0.101. The van der Waals surface area contributed by atoms with E-state index in [1.807, 2.05) is 0 Å². The highest BCUT2D eigenvalue weighted by Crippen LogP contribution is 2.47. The maximum atomic E-state index is 13.4. The molecule has 0 radical (unpaired) electrons. The van der Waals surface area contributed by atoms with Gasteiger partial charge in [0.2, 0.25) is 0 Å². The van der Waals surface area contributed by atoms with Crippen LogP contribution >= 0.6 is 11.8 Å². The number of hydrogen-bond acceptors (Lipinski definition) is 2. The standard InChI is InChI=1S/C16H10F3NS/c17-16(18,19)15-12(11-6-2-1-3-7-11)10-20-13-8-4-5-9-14(13)21-15/h1-10H. The Bertz CT molecular complexity index is 718. The average molecular weight is 305 g/mol. The van der Waals surface area contributed by atoms with E-state index in [0.717, 1.165) is 11.8 Å². The molecule has 106 valence electrons. The van der Waals surface area contributed by atoms with Crippen molar-refractivity contribution in [3.8, 4) is 0 Å². The van der Waals surface area contributed by atoms with Crippen molar-refractivity contribution in [2.24, 2.45) is 4.99 Å². The molecule has 0 fully saturated rings. The number of hydrogen-bond donors (Lipinski definition) is 0. The SMILES string of the molecule is FC(F)(F)C1=C(c2ccccc2)C=Nc2ccccc2S1. The third-order valence-corrected chi connectivity index (χ3v) is 4.22. The van der Waals surface area contributed by atoms with Gasteiger partial charge >= 0.3 is 6.18 Å². The van der Waals surface area contributed by atoms with E-state index in [2.05, 4.69) is 4.99 Å². The molecule has 1 heterocycles. The number of fused-ring (bicyclic) bond motifs is 1. The molecule has 21 heavy (non-hydrogen) atoms. The summed E-state index contributed by atoms with van der Waals surface area (Å²) in [6, 6.07) is 15.3. The molecule has 5 heteroatoms. The third-order valence-electron chi connectivity index (χ3n) is 3.00. The van der Waals surface area contributed by atoms with Crippen molar-refractivity contribution >= 4 is 29.2 Å². The molecular formula is C16H10F3NS. The molecule has 0 spiro atoms. The molecule has 0 saturated carbocycles. The van der Waals surface area contributed by atoms with Crippen molar-refractivity contribution < 1.29 is 13.2 Å². The second-order valence-corrected chi connectivity index (χ2v) is 5.49. The molecule has 1 aliphatic rings. The highest BCUT2D eigenvalue weighted by Gasteiger charge is 2.38. The summed E-state index contributed by atoms with van der Waals surface area (Å²) in [5, 5.41) is 0. The molecule has 3 rings (SSSR count). The number of halogens is 3. The van der Waals surface area contributed by atoms with Crippen LogP contribution in [0, 0.1) is 0 Å². The van der Waals surface area contributed by atoms with Gasteiger partial charge in [0.1, 0.15) is 4.91 Å². The van der Waals surface area contributed by atoms with Gasteiger partial charge in [-0.1, -0.05) is 54.2 Å². The summed E-state index contributed by atoms with van der Waals surface area (Å²) in [7, 11) is 0. The van der Waals surface area contributed by atoms with Gasteiger partial charge in [-0.15, -0.1) is 0 Å². The van der Waals surface area contributed by atoms with Crippen LogP contribution in [0.2, 0.25) is 0 Å². The normalized spacial score (nSPS) is 14.8. The van der Waals surface area contributed by atoms with Crippen LogP contribution < -0.4 is 0 Å². The predicted octanol–water partition coefficient (Wildman–Crippen LogP) is 5.47. The Morgan fingerprint density at radius 2 is 1.52 bits per heavy atom. The number of para-hydroxylation sites is 1. The monoisotopic (exact) mass is 305 g/mol. The second kappa shape index (κ2) is 5.41. The Labute approximate surface area is 124 Å². The van der Waals surface area contributed by atoms with E-state index in [0.29, 0.717) is 16.1 Å². The first kappa shape index (κ1) is 13.9. The van der Waals surface area contributed by atoms with Gasteiger partial charge in [0.15, 0.2) is 0 Å². The maximum absolute atomic E-state index is 13.4. The summed E-state index contributed by atoms with van der Waals surface area (Å²) in [6.45, 7) is 0. The number of benzene rings is 2. The predicted molar refractivity (Wildman–Crippen MR) is 79.9 cm³/mol. The largest absolute Gasteiger partial charge is 0.423 e. The molecule has 0 unspecified atom stereocenters. The summed E-state index contributed by atoms with van der Waals surface area (Å²) in [4.78, 5) is 4.07. The van der Waals surface area contributed by atoms with Crippen LogP contribution in [0.15, 0.2) is 69.4 Å². The lowest BCUT2D eigenvalue weighted by Gasteiger charge is -2.14. The van der Waals surface area contributed by atoms with Crippen LogP contribution in [0.25, 0.3) is 5.57 Å². The molecule has 1 aliphatic heterocycles. The van der Waals surface area contributed by atoms with Crippen molar-refractivity contribution in [1.29, 1.82) is 0 Å². The molecule has 0 N–H and O–H groups in total. The summed E-state index contributed by atoms with van der Waals surface area (Å²) in [6.07, 6.45) is -3.11. The zero-order valence-electron chi connectivity index (χ0n) is 10.8. The molecule has 1 nitrogen and oxygen atoms in total. The molecule has 2 aromatic carbocycles. The fourth-order valence-corrected chi connectivity index (χ4v) is 3.03. The number of allylic oxidation sites excluding steroid dienone is 2. The molecule has 0 bridgehead atoms. The Morgan fingerprint density at radius 1 is 0.857 bits per heavy atom. The molecule has 0 saturated heterocycles. The summed E-state index contributed by atoms with van der Waals surface area (Å²) in [5.41, 5.74) is 1.16. The van der Waals surface area contributed by atoms with Crippen LogP contribution in [0.4, 0.5) is 18.9 Å². The zero-order valence-corrected chi connectivity index (χ0v) is 11.6. The van der Waals surface area contributed by atoms with Crippen LogP contribution in [-0.4, -0.2) is 12.4 Å². The molecule has 0 atom stereocenters. The first-order valence-electron chi connectivity index (χ1n) is 6.23. The first-order chi connectivity index (χ1) is 10.1. The minimum atomic E-state index is -4.42. The Morgan fingerprint density at radius 3 is 2.24 bits per heavy atom. The Balaban J connectivity index is 2.19. The van der Waals surface area contributed by atoms with E-state index in [4.69, 9.17) is 0 Å². The lowest BCUT2D eigenvalue weighted by molar-refractivity contribution is -0.0829. The fourth-order valence-electron chi connectivity index (χ4n) is 2.04. The van der Waals surface area contributed by atoms with Gasteiger partial charge in [0, 0.05) is 16.7 Å². The number of alkyl halides is 3. The summed E-state index contributed by atoms with van der Waals surface area (Å²) in [5.74, 6) is 0. The van der Waals surface area contributed by atoms with Crippen LogP contribution in [0.1, 0.15) is 5.56 Å². The Hall–Kier alpha value is -2.01. The smallest absolute Gasteiger partial charge is 0.255 e. The number of thioether (sulfide) groups is 1. The lowest BCUT2D eigenvalue weighted by Crippen LogP contribution is -2.11. The van der Waals surface area contributed by atoms with Crippen molar-refractivity contribution in [2.45, 2.75) is 11.1 Å². The molecule has 0 aliphatic carbocycles. The highest BCUT2D eigenvalue weighted by molar-refractivity contribution is 8.03. The van der Waals surface area contributed by atoms with Crippen molar-refractivity contribution in [2.75, 3.05) is 0 Å². The average Bonchev–Trinajstić information content (AvgIpc) is 2.67. The first-order valence-corrected chi connectivity index (χ1v) is 7.05. The highest BCUT2D eigenvalue weighted by atomic mass is 32.2. The Kier molecular flexibility index (Phi) is 3.59. The van der Waals surface area contributed by atoms with Gasteiger partial charge in [-0.05, 0) is 17.7 Å². The topological polar surface area (TPSA) is 12.4 Å². The van der Waals surface area contributed by atoms with Gasteiger partial charge in [-0.3, -0.25) is 4.99 Å². The number of rotatable bonds is 1. The van der Waals surface area contributed by atoms with Crippen LogP contribution in [0.5, 0.6) is 0 Å². The van der Waals surface area contributed by atoms with Crippen molar-refractivity contribution in [1.82, 2.24) is 0 Å². The number of nitrogens with zero attached hydrogens (tertiary/aromatic N) is 1. The fraction of sp³-hybridized carbons (Fsp3) is 0.0625. The van der Waals surface area contributed by atoms with E-state index in [1.165, 1.54) is 6.21 Å². The number of aliphatic imine (C=N–C) groups is 1. The van der Waals surface area contributed by atoms with E-state index >= 15 is 0 Å². The van der Waals surface area contributed by atoms with E-state index in [9.17, 15) is 13.2 Å². The minimum Gasteiger partial charge on any atom is -0.255 e. The van der Waals surface area contributed by atoms with Gasteiger partial charge in [0.05, 0.1) is 5.69 Å². The van der Waals surface area contributed by atoms with Gasteiger partial charge in [-0.2, -0.15) is 13.2 Å². The van der Waals surface area contributed by atoms with Gasteiger partial charge < -0.3 is 0 Å². The summed E-state index contributed by atoms with van der Waals surface area (Å²) < 4.78 is 40.2. The zero-order chi connectivity index (χ0) is 14.9. The molecule has 0 aromatic heterocycles.